The molecule has 2 aromatic rings. The molecule has 0 fully saturated rings. The van der Waals surface area contributed by atoms with E-state index in [9.17, 15) is 0 Å². The average molecular weight is 373 g/mol. The highest BCUT2D eigenvalue weighted by Gasteiger charge is 2.15. The lowest BCUT2D eigenvalue weighted by molar-refractivity contribution is 0.685. The minimum atomic E-state index is 0.115. The van der Waals surface area contributed by atoms with Crippen LogP contribution in [0.3, 0.4) is 0 Å². The van der Waals surface area contributed by atoms with Crippen molar-refractivity contribution in [2.45, 2.75) is 13.0 Å². The number of pyridine rings is 1. The number of rotatable bonds is 3. The van der Waals surface area contributed by atoms with E-state index in [4.69, 9.17) is 11.6 Å². The summed E-state index contributed by atoms with van der Waals surface area (Å²) in [5.41, 5.74) is 3.34. The Morgan fingerprint density at radius 2 is 2.06 bits per heavy atom. The SMILES string of the molecule is CNC(c1ccc(C)nc1)c1cc(Cl)ccc1I. The maximum absolute atomic E-state index is 6.08. The molecule has 0 saturated heterocycles. The number of hydrogen-bond donors (Lipinski definition) is 1. The minimum absolute atomic E-state index is 0.115. The van der Waals surface area contributed by atoms with Crippen molar-refractivity contribution in [3.05, 3.63) is 61.9 Å². The van der Waals surface area contributed by atoms with Gasteiger partial charge in [0.05, 0.1) is 6.04 Å². The number of aromatic nitrogens is 1. The molecule has 0 bridgehead atoms. The third-order valence-electron chi connectivity index (χ3n) is 2.83. The summed E-state index contributed by atoms with van der Waals surface area (Å²) in [6.07, 6.45) is 1.91. The molecule has 1 aromatic heterocycles. The Kier molecular flexibility index (Phi) is 4.59. The second kappa shape index (κ2) is 5.99. The van der Waals surface area contributed by atoms with E-state index >= 15 is 0 Å². The van der Waals surface area contributed by atoms with Crippen molar-refractivity contribution in [1.82, 2.24) is 10.3 Å². The van der Waals surface area contributed by atoms with Crippen molar-refractivity contribution < 1.29 is 0 Å². The highest BCUT2D eigenvalue weighted by molar-refractivity contribution is 14.1. The van der Waals surface area contributed by atoms with Gasteiger partial charge in [0, 0.05) is 20.5 Å². The van der Waals surface area contributed by atoms with E-state index in [1.54, 1.807) is 0 Å². The molecular weight excluding hydrogens is 359 g/mol. The summed E-state index contributed by atoms with van der Waals surface area (Å²) in [4.78, 5) is 4.35. The molecule has 0 amide bonds. The van der Waals surface area contributed by atoms with Gasteiger partial charge in [0.2, 0.25) is 0 Å². The highest BCUT2D eigenvalue weighted by atomic mass is 127. The quantitative estimate of drug-likeness (QED) is 0.825. The third kappa shape index (κ3) is 3.02. The summed E-state index contributed by atoms with van der Waals surface area (Å²) < 4.78 is 1.19. The Bertz CT molecular complexity index is 540. The molecule has 0 aliphatic carbocycles. The largest absolute Gasteiger partial charge is 0.309 e. The summed E-state index contributed by atoms with van der Waals surface area (Å²) in [5.74, 6) is 0. The van der Waals surface area contributed by atoms with E-state index in [1.165, 1.54) is 9.13 Å². The number of nitrogens with zero attached hydrogens (tertiary/aromatic N) is 1. The Balaban J connectivity index is 2.44. The van der Waals surface area contributed by atoms with Crippen LogP contribution in [0.5, 0.6) is 0 Å². The molecule has 0 aliphatic rings. The zero-order valence-electron chi connectivity index (χ0n) is 10.2. The number of hydrogen-bond acceptors (Lipinski definition) is 2. The van der Waals surface area contributed by atoms with E-state index in [-0.39, 0.29) is 6.04 Å². The monoisotopic (exact) mass is 372 g/mol. The Morgan fingerprint density at radius 1 is 1.28 bits per heavy atom. The number of halogens is 2. The fraction of sp³-hybridized carbons (Fsp3) is 0.214. The smallest absolute Gasteiger partial charge is 0.0600 e. The zero-order valence-corrected chi connectivity index (χ0v) is 13.2. The predicted octanol–water partition coefficient (Wildman–Crippen LogP) is 3.96. The third-order valence-corrected chi connectivity index (χ3v) is 4.04. The standard InChI is InChI=1S/C14H14ClIN2/c1-9-3-4-10(8-18-9)14(17-2)12-7-11(15)5-6-13(12)16/h3-8,14,17H,1-2H3. The Morgan fingerprint density at radius 3 is 2.67 bits per heavy atom. The number of nitrogens with one attached hydrogen (secondary N) is 1. The van der Waals surface area contributed by atoms with Gasteiger partial charge in [-0.2, -0.15) is 0 Å². The van der Waals surface area contributed by atoms with Gasteiger partial charge in [0.15, 0.2) is 0 Å². The van der Waals surface area contributed by atoms with Crippen LogP contribution in [0.25, 0.3) is 0 Å². The van der Waals surface area contributed by atoms with Crippen LogP contribution in [-0.2, 0) is 0 Å². The maximum Gasteiger partial charge on any atom is 0.0600 e. The maximum atomic E-state index is 6.08. The van der Waals surface area contributed by atoms with Crippen molar-refractivity contribution in [2.24, 2.45) is 0 Å². The van der Waals surface area contributed by atoms with Gasteiger partial charge in [-0.05, 0) is 72.0 Å². The normalized spacial score (nSPS) is 12.4. The van der Waals surface area contributed by atoms with Gasteiger partial charge >= 0.3 is 0 Å². The summed E-state index contributed by atoms with van der Waals surface area (Å²) in [7, 11) is 1.95. The van der Waals surface area contributed by atoms with Gasteiger partial charge < -0.3 is 5.32 Å². The molecule has 0 spiro atoms. The first-order valence-electron chi connectivity index (χ1n) is 5.66. The fourth-order valence-corrected chi connectivity index (χ4v) is 2.72. The predicted molar refractivity (Wildman–Crippen MR) is 84.0 cm³/mol. The van der Waals surface area contributed by atoms with Crippen LogP contribution in [0.1, 0.15) is 22.9 Å². The van der Waals surface area contributed by atoms with Gasteiger partial charge in [-0.25, -0.2) is 0 Å². The molecular formula is C14H14ClIN2. The highest BCUT2D eigenvalue weighted by Crippen LogP contribution is 2.28. The van der Waals surface area contributed by atoms with E-state index in [1.807, 2.05) is 44.4 Å². The van der Waals surface area contributed by atoms with Crippen molar-refractivity contribution in [3.63, 3.8) is 0 Å². The molecule has 0 saturated carbocycles. The first kappa shape index (κ1) is 13.8. The van der Waals surface area contributed by atoms with Crippen LogP contribution >= 0.6 is 34.2 Å². The van der Waals surface area contributed by atoms with Crippen molar-refractivity contribution in [2.75, 3.05) is 7.05 Å². The van der Waals surface area contributed by atoms with E-state index in [0.717, 1.165) is 16.3 Å². The molecule has 94 valence electrons. The molecule has 18 heavy (non-hydrogen) atoms. The van der Waals surface area contributed by atoms with Gasteiger partial charge in [-0.15, -0.1) is 0 Å². The molecule has 1 aromatic carbocycles. The number of benzene rings is 1. The molecule has 1 unspecified atom stereocenters. The summed E-state index contributed by atoms with van der Waals surface area (Å²) in [6.45, 7) is 1.99. The Hall–Kier alpha value is -0.650. The Labute approximate surface area is 126 Å². The zero-order chi connectivity index (χ0) is 13.1. The molecule has 1 N–H and O–H groups in total. The van der Waals surface area contributed by atoms with Crippen molar-refractivity contribution >= 4 is 34.2 Å². The second-order valence-corrected chi connectivity index (χ2v) is 5.72. The summed E-state index contributed by atoms with van der Waals surface area (Å²) >= 11 is 8.41. The molecule has 1 heterocycles. The van der Waals surface area contributed by atoms with Crippen LogP contribution in [-0.4, -0.2) is 12.0 Å². The lowest BCUT2D eigenvalue weighted by Crippen LogP contribution is -2.19. The number of aryl methyl sites for hydroxylation is 1. The molecule has 2 rings (SSSR count). The first-order valence-corrected chi connectivity index (χ1v) is 7.12. The average Bonchev–Trinajstić information content (AvgIpc) is 2.37. The van der Waals surface area contributed by atoms with E-state index < -0.39 is 0 Å². The van der Waals surface area contributed by atoms with Gasteiger partial charge in [0.1, 0.15) is 0 Å². The lowest BCUT2D eigenvalue weighted by atomic mass is 10.0. The molecule has 1 atom stereocenters. The van der Waals surface area contributed by atoms with Gasteiger partial charge in [0.25, 0.3) is 0 Å². The molecule has 2 nitrogen and oxygen atoms in total. The molecule has 0 aliphatic heterocycles. The van der Waals surface area contributed by atoms with Crippen molar-refractivity contribution in [1.29, 1.82) is 0 Å². The van der Waals surface area contributed by atoms with E-state index in [2.05, 4.69) is 39.0 Å². The summed E-state index contributed by atoms with van der Waals surface area (Å²) in [6, 6.07) is 10.2. The van der Waals surface area contributed by atoms with Gasteiger partial charge in [-0.3, -0.25) is 4.98 Å². The second-order valence-electron chi connectivity index (χ2n) is 4.12. The van der Waals surface area contributed by atoms with Crippen molar-refractivity contribution in [3.8, 4) is 0 Å². The topological polar surface area (TPSA) is 24.9 Å². The summed E-state index contributed by atoms with van der Waals surface area (Å²) in [5, 5.41) is 4.07. The van der Waals surface area contributed by atoms with E-state index in [0.29, 0.717) is 0 Å². The fourth-order valence-electron chi connectivity index (χ4n) is 1.89. The van der Waals surface area contributed by atoms with Crippen LogP contribution in [0, 0.1) is 10.5 Å². The van der Waals surface area contributed by atoms with Gasteiger partial charge in [-0.1, -0.05) is 17.7 Å². The minimum Gasteiger partial charge on any atom is -0.309 e. The van der Waals surface area contributed by atoms with Crippen LogP contribution in [0.2, 0.25) is 5.02 Å². The molecule has 0 radical (unpaired) electrons. The lowest BCUT2D eigenvalue weighted by Gasteiger charge is -2.18. The van der Waals surface area contributed by atoms with Crippen LogP contribution in [0.4, 0.5) is 0 Å². The first-order chi connectivity index (χ1) is 8.61. The van der Waals surface area contributed by atoms with Crippen LogP contribution in [0.15, 0.2) is 36.5 Å². The molecule has 4 heteroatoms. The van der Waals surface area contributed by atoms with Crippen LogP contribution < -0.4 is 5.32 Å².